The molecule has 0 aliphatic heterocycles. The van der Waals surface area contributed by atoms with E-state index in [9.17, 15) is 4.79 Å². The van der Waals surface area contributed by atoms with Gasteiger partial charge in [0.2, 0.25) is 0 Å². The van der Waals surface area contributed by atoms with Gasteiger partial charge < -0.3 is 15.8 Å². The van der Waals surface area contributed by atoms with Gasteiger partial charge in [-0.1, -0.05) is 0 Å². The van der Waals surface area contributed by atoms with Gasteiger partial charge >= 0.3 is 5.97 Å². The Bertz CT molecular complexity index is 157. The minimum Gasteiger partial charge on any atom is -0.468 e. The summed E-state index contributed by atoms with van der Waals surface area (Å²) < 4.78 is 4.64. The van der Waals surface area contributed by atoms with E-state index in [4.69, 9.17) is 5.73 Å². The fourth-order valence-corrected chi connectivity index (χ4v) is 1.11. The Morgan fingerprint density at radius 2 is 2.42 bits per heavy atom. The third-order valence-corrected chi connectivity index (χ3v) is 1.96. The van der Waals surface area contributed by atoms with Crippen molar-refractivity contribution in [2.45, 2.75) is 31.3 Å². The third kappa shape index (κ3) is 2.79. The van der Waals surface area contributed by atoms with E-state index in [-0.39, 0.29) is 12.0 Å². The molecule has 4 nitrogen and oxygen atoms in total. The minimum atomic E-state index is -0.202. The number of esters is 1. The van der Waals surface area contributed by atoms with E-state index in [1.807, 2.05) is 0 Å². The lowest BCUT2D eigenvalue weighted by atomic mass is 10.2. The zero-order chi connectivity index (χ0) is 8.97. The molecule has 0 amide bonds. The topological polar surface area (TPSA) is 64.3 Å². The second-order valence-electron chi connectivity index (χ2n) is 3.09. The van der Waals surface area contributed by atoms with Gasteiger partial charge in [0.1, 0.15) is 6.04 Å². The number of methoxy groups -OCH3 is 1. The Morgan fingerprint density at radius 3 is 2.83 bits per heavy atom. The van der Waals surface area contributed by atoms with Crippen LogP contribution >= 0.6 is 0 Å². The molecule has 4 heteroatoms. The standard InChI is InChI=1S/C8H16N2O2/c1-12-8(11)7(4-5-9)10-6-2-3-6/h6-7,10H,2-5,9H2,1H3. The maximum absolute atomic E-state index is 11.1. The van der Waals surface area contributed by atoms with Crippen LogP contribution in [0.5, 0.6) is 0 Å². The Morgan fingerprint density at radius 1 is 1.75 bits per heavy atom. The second-order valence-corrected chi connectivity index (χ2v) is 3.09. The first-order valence-electron chi connectivity index (χ1n) is 4.32. The highest BCUT2D eigenvalue weighted by Crippen LogP contribution is 2.20. The zero-order valence-corrected chi connectivity index (χ0v) is 7.38. The van der Waals surface area contributed by atoms with E-state index in [0.29, 0.717) is 19.0 Å². The molecule has 3 N–H and O–H groups in total. The van der Waals surface area contributed by atoms with E-state index in [1.54, 1.807) is 0 Å². The lowest BCUT2D eigenvalue weighted by Gasteiger charge is -2.14. The molecular formula is C8H16N2O2. The largest absolute Gasteiger partial charge is 0.468 e. The van der Waals surface area contributed by atoms with Crippen LogP contribution in [0.25, 0.3) is 0 Å². The van der Waals surface area contributed by atoms with Crippen LogP contribution in [0.1, 0.15) is 19.3 Å². The van der Waals surface area contributed by atoms with Crippen LogP contribution in [0.2, 0.25) is 0 Å². The van der Waals surface area contributed by atoms with E-state index >= 15 is 0 Å². The lowest BCUT2D eigenvalue weighted by molar-refractivity contribution is -0.143. The molecule has 0 bridgehead atoms. The molecule has 0 spiro atoms. The Balaban J connectivity index is 2.30. The third-order valence-electron chi connectivity index (χ3n) is 1.96. The van der Waals surface area contributed by atoms with Crippen molar-refractivity contribution in [3.05, 3.63) is 0 Å². The summed E-state index contributed by atoms with van der Waals surface area (Å²) in [6.45, 7) is 0.513. The molecule has 70 valence electrons. The molecule has 0 heterocycles. The fraction of sp³-hybridized carbons (Fsp3) is 0.875. The molecule has 0 aromatic heterocycles. The highest BCUT2D eigenvalue weighted by atomic mass is 16.5. The normalized spacial score (nSPS) is 18.8. The summed E-state index contributed by atoms with van der Waals surface area (Å²) in [6, 6.07) is 0.313. The quantitative estimate of drug-likeness (QED) is 0.555. The van der Waals surface area contributed by atoms with Gasteiger partial charge in [0.15, 0.2) is 0 Å². The summed E-state index contributed by atoms with van der Waals surface area (Å²) in [7, 11) is 1.40. The SMILES string of the molecule is COC(=O)C(CCN)NC1CC1. The Kier molecular flexibility index (Phi) is 3.49. The summed E-state index contributed by atoms with van der Waals surface area (Å²) in [4.78, 5) is 11.1. The van der Waals surface area contributed by atoms with Crippen molar-refractivity contribution in [2.75, 3.05) is 13.7 Å². The predicted octanol–water partition coefficient (Wildman–Crippen LogP) is -0.371. The van der Waals surface area contributed by atoms with Crippen LogP contribution in [0.3, 0.4) is 0 Å². The highest BCUT2D eigenvalue weighted by molar-refractivity contribution is 5.75. The number of nitrogens with one attached hydrogen (secondary N) is 1. The van der Waals surface area contributed by atoms with Crippen molar-refractivity contribution in [3.63, 3.8) is 0 Å². The minimum absolute atomic E-state index is 0.201. The molecule has 0 aromatic rings. The lowest BCUT2D eigenvalue weighted by Crippen LogP contribution is -2.40. The predicted molar refractivity (Wildman–Crippen MR) is 45.6 cm³/mol. The van der Waals surface area contributed by atoms with Crippen LogP contribution in [-0.4, -0.2) is 31.7 Å². The van der Waals surface area contributed by atoms with Crippen molar-refractivity contribution in [3.8, 4) is 0 Å². The number of ether oxygens (including phenoxy) is 1. The van der Waals surface area contributed by atoms with E-state index in [0.717, 1.165) is 12.8 Å². The van der Waals surface area contributed by atoms with E-state index in [2.05, 4.69) is 10.1 Å². The molecule has 1 aliphatic rings. The molecule has 1 saturated carbocycles. The van der Waals surface area contributed by atoms with Crippen LogP contribution < -0.4 is 11.1 Å². The van der Waals surface area contributed by atoms with E-state index < -0.39 is 0 Å². The Labute approximate surface area is 72.5 Å². The summed E-state index contributed by atoms with van der Waals surface area (Å²) in [5.41, 5.74) is 5.37. The molecule has 0 radical (unpaired) electrons. The number of carbonyl (C=O) groups is 1. The highest BCUT2D eigenvalue weighted by Gasteiger charge is 2.28. The number of hydrogen-bond donors (Lipinski definition) is 2. The van der Waals surface area contributed by atoms with Crippen molar-refractivity contribution in [2.24, 2.45) is 5.73 Å². The molecule has 1 unspecified atom stereocenters. The molecule has 0 aromatic carbocycles. The van der Waals surface area contributed by atoms with Gasteiger partial charge in [0, 0.05) is 6.04 Å². The van der Waals surface area contributed by atoms with Gasteiger partial charge in [-0.15, -0.1) is 0 Å². The van der Waals surface area contributed by atoms with Gasteiger partial charge in [-0.2, -0.15) is 0 Å². The maximum atomic E-state index is 11.1. The number of rotatable bonds is 5. The first kappa shape index (κ1) is 9.48. The van der Waals surface area contributed by atoms with Crippen LogP contribution in [0, 0.1) is 0 Å². The first-order chi connectivity index (χ1) is 5.77. The average molecular weight is 172 g/mol. The summed E-state index contributed by atoms with van der Waals surface area (Å²) in [5.74, 6) is -0.202. The average Bonchev–Trinajstić information content (AvgIpc) is 2.86. The molecule has 1 rings (SSSR count). The number of hydrogen-bond acceptors (Lipinski definition) is 4. The van der Waals surface area contributed by atoms with Crippen LogP contribution in [-0.2, 0) is 9.53 Å². The maximum Gasteiger partial charge on any atom is 0.322 e. The second kappa shape index (κ2) is 4.42. The Hall–Kier alpha value is -0.610. The summed E-state index contributed by atoms with van der Waals surface area (Å²) in [6.07, 6.45) is 2.99. The molecule has 1 atom stereocenters. The smallest absolute Gasteiger partial charge is 0.322 e. The molecular weight excluding hydrogens is 156 g/mol. The molecule has 0 saturated heterocycles. The molecule has 1 fully saturated rings. The molecule has 1 aliphatic carbocycles. The van der Waals surface area contributed by atoms with Crippen molar-refractivity contribution in [1.82, 2.24) is 5.32 Å². The first-order valence-corrected chi connectivity index (χ1v) is 4.32. The van der Waals surface area contributed by atoms with Gasteiger partial charge in [-0.05, 0) is 25.8 Å². The molecule has 12 heavy (non-hydrogen) atoms. The van der Waals surface area contributed by atoms with Gasteiger partial charge in [-0.25, -0.2) is 0 Å². The van der Waals surface area contributed by atoms with Crippen LogP contribution in [0.15, 0.2) is 0 Å². The van der Waals surface area contributed by atoms with Crippen molar-refractivity contribution >= 4 is 5.97 Å². The van der Waals surface area contributed by atoms with Crippen molar-refractivity contribution in [1.29, 1.82) is 0 Å². The monoisotopic (exact) mass is 172 g/mol. The van der Waals surface area contributed by atoms with Gasteiger partial charge in [0.25, 0.3) is 0 Å². The van der Waals surface area contributed by atoms with Gasteiger partial charge in [-0.3, -0.25) is 4.79 Å². The number of carbonyl (C=O) groups excluding carboxylic acids is 1. The van der Waals surface area contributed by atoms with Crippen molar-refractivity contribution < 1.29 is 9.53 Å². The fourth-order valence-electron chi connectivity index (χ4n) is 1.11. The summed E-state index contributed by atoms with van der Waals surface area (Å²) in [5, 5.41) is 3.19. The summed E-state index contributed by atoms with van der Waals surface area (Å²) >= 11 is 0. The van der Waals surface area contributed by atoms with Crippen LogP contribution in [0.4, 0.5) is 0 Å². The zero-order valence-electron chi connectivity index (χ0n) is 7.38. The van der Waals surface area contributed by atoms with Gasteiger partial charge in [0.05, 0.1) is 7.11 Å². The number of nitrogens with two attached hydrogens (primary N) is 1. The van der Waals surface area contributed by atoms with E-state index in [1.165, 1.54) is 7.11 Å².